The zero-order valence-corrected chi connectivity index (χ0v) is 7.72. The van der Waals surface area contributed by atoms with Crippen LogP contribution in [-0.2, 0) is 0 Å². The Morgan fingerprint density at radius 1 is 1.43 bits per heavy atom. The summed E-state index contributed by atoms with van der Waals surface area (Å²) in [6, 6.07) is 1.28. The molecule has 1 atom stereocenters. The summed E-state index contributed by atoms with van der Waals surface area (Å²) in [5.74, 6) is -1.31. The smallest absolute Gasteiger partial charge is 0.146 e. The zero-order chi connectivity index (χ0) is 10.7. The molecule has 0 aliphatic carbocycles. The Kier molecular flexibility index (Phi) is 3.38. The van der Waals surface area contributed by atoms with Crippen molar-refractivity contribution in [3.05, 3.63) is 29.3 Å². The van der Waals surface area contributed by atoms with Crippen LogP contribution in [0.4, 0.5) is 14.5 Å². The van der Waals surface area contributed by atoms with E-state index < -0.39 is 17.7 Å². The molecule has 0 bridgehead atoms. The first-order chi connectivity index (χ1) is 6.60. The predicted molar refractivity (Wildman–Crippen MR) is 49.7 cm³/mol. The minimum absolute atomic E-state index is 0.0710. The van der Waals surface area contributed by atoms with Gasteiger partial charge in [-0.2, -0.15) is 0 Å². The van der Waals surface area contributed by atoms with E-state index in [1.807, 2.05) is 0 Å². The van der Waals surface area contributed by atoms with Gasteiger partial charge in [-0.15, -0.1) is 0 Å². The van der Waals surface area contributed by atoms with Crippen molar-refractivity contribution in [2.75, 3.05) is 19.4 Å². The number of likely N-dealkylation sites (N-methyl/N-ethyl adjacent to an activating group) is 1. The van der Waals surface area contributed by atoms with Crippen molar-refractivity contribution in [3.63, 3.8) is 0 Å². The van der Waals surface area contributed by atoms with Crippen LogP contribution >= 0.6 is 0 Å². The van der Waals surface area contributed by atoms with Gasteiger partial charge in [-0.25, -0.2) is 8.78 Å². The first-order valence-corrected chi connectivity index (χ1v) is 4.12. The maximum absolute atomic E-state index is 13.3. The summed E-state index contributed by atoms with van der Waals surface area (Å²) in [6.45, 7) is -0.309. The molecule has 1 aromatic carbocycles. The van der Waals surface area contributed by atoms with Gasteiger partial charge in [0.15, 0.2) is 0 Å². The maximum atomic E-state index is 13.3. The summed E-state index contributed by atoms with van der Waals surface area (Å²) in [5.41, 5.74) is 5.01. The molecule has 0 radical (unpaired) electrons. The third-order valence-electron chi connectivity index (χ3n) is 2.02. The zero-order valence-electron chi connectivity index (χ0n) is 7.72. The topological polar surface area (TPSA) is 58.3 Å². The highest BCUT2D eigenvalue weighted by Gasteiger charge is 2.15. The van der Waals surface area contributed by atoms with E-state index in [-0.39, 0.29) is 17.9 Å². The molecule has 0 aromatic heterocycles. The molecule has 0 heterocycles. The minimum atomic E-state index is -0.685. The summed E-state index contributed by atoms with van der Waals surface area (Å²) in [5, 5.41) is 11.5. The van der Waals surface area contributed by atoms with Gasteiger partial charge < -0.3 is 16.2 Å². The molecule has 0 aliphatic heterocycles. The molecule has 0 aliphatic rings. The fourth-order valence-electron chi connectivity index (χ4n) is 1.19. The van der Waals surface area contributed by atoms with Crippen molar-refractivity contribution in [1.82, 2.24) is 5.32 Å². The first-order valence-electron chi connectivity index (χ1n) is 4.12. The third kappa shape index (κ3) is 2.00. The van der Waals surface area contributed by atoms with Crippen molar-refractivity contribution < 1.29 is 13.9 Å². The summed E-state index contributed by atoms with van der Waals surface area (Å²) in [4.78, 5) is 0. The van der Waals surface area contributed by atoms with Crippen LogP contribution < -0.4 is 11.1 Å². The summed E-state index contributed by atoms with van der Waals surface area (Å²) in [7, 11) is 1.55. The number of nitrogen functional groups attached to an aromatic ring is 1. The Balaban J connectivity index is 3.14. The third-order valence-corrected chi connectivity index (χ3v) is 2.02. The van der Waals surface area contributed by atoms with Gasteiger partial charge in [-0.3, -0.25) is 0 Å². The van der Waals surface area contributed by atoms with Gasteiger partial charge in [-0.05, 0) is 13.1 Å². The lowest BCUT2D eigenvalue weighted by molar-refractivity contribution is 0.247. The highest BCUT2D eigenvalue weighted by atomic mass is 19.1. The van der Waals surface area contributed by atoms with Crippen LogP contribution in [0.1, 0.15) is 11.6 Å². The minimum Gasteiger partial charge on any atom is -0.396 e. The number of benzene rings is 1. The van der Waals surface area contributed by atoms with Crippen molar-refractivity contribution in [1.29, 1.82) is 0 Å². The van der Waals surface area contributed by atoms with Gasteiger partial charge in [0.1, 0.15) is 11.6 Å². The molecule has 4 N–H and O–H groups in total. The number of halogens is 2. The summed E-state index contributed by atoms with van der Waals surface area (Å²) >= 11 is 0. The van der Waals surface area contributed by atoms with Crippen molar-refractivity contribution >= 4 is 5.69 Å². The van der Waals surface area contributed by atoms with Gasteiger partial charge in [0.05, 0.1) is 18.3 Å². The number of rotatable bonds is 3. The second-order valence-corrected chi connectivity index (χ2v) is 2.92. The van der Waals surface area contributed by atoms with E-state index in [1.165, 1.54) is 0 Å². The molecular weight excluding hydrogens is 190 g/mol. The van der Waals surface area contributed by atoms with Crippen molar-refractivity contribution in [2.45, 2.75) is 6.04 Å². The normalized spacial score (nSPS) is 12.9. The van der Waals surface area contributed by atoms with E-state index >= 15 is 0 Å². The number of aliphatic hydroxyl groups excluding tert-OH is 1. The quantitative estimate of drug-likeness (QED) is 0.635. The summed E-state index contributed by atoms with van der Waals surface area (Å²) in [6.07, 6.45) is 0. The number of nitrogens with one attached hydrogen (secondary N) is 1. The van der Waals surface area contributed by atoms with Crippen LogP contribution in [0, 0.1) is 11.6 Å². The molecule has 78 valence electrons. The Morgan fingerprint density at radius 3 is 2.57 bits per heavy atom. The lowest BCUT2D eigenvalue weighted by atomic mass is 10.1. The number of aliphatic hydroxyl groups is 1. The molecule has 5 heteroatoms. The predicted octanol–water partition coefficient (Wildman–Crippen LogP) is 0.800. The Labute approximate surface area is 80.5 Å². The van der Waals surface area contributed by atoms with Crippen LogP contribution in [0.25, 0.3) is 0 Å². The molecule has 0 fully saturated rings. The van der Waals surface area contributed by atoms with Gasteiger partial charge in [-0.1, -0.05) is 0 Å². The maximum Gasteiger partial charge on any atom is 0.146 e. The Bertz CT molecular complexity index is 327. The molecule has 0 amide bonds. The monoisotopic (exact) mass is 202 g/mol. The number of hydrogen-bond acceptors (Lipinski definition) is 3. The Morgan fingerprint density at radius 2 is 2.07 bits per heavy atom. The van der Waals surface area contributed by atoms with Gasteiger partial charge in [0, 0.05) is 11.6 Å². The van der Waals surface area contributed by atoms with E-state index in [0.29, 0.717) is 0 Å². The van der Waals surface area contributed by atoms with Gasteiger partial charge in [0.2, 0.25) is 0 Å². The SMILES string of the molecule is CNC(CO)c1cc(F)c(N)cc1F. The summed E-state index contributed by atoms with van der Waals surface area (Å²) < 4.78 is 26.2. The molecule has 3 nitrogen and oxygen atoms in total. The van der Waals surface area contributed by atoms with E-state index in [1.54, 1.807) is 7.05 Å². The first kappa shape index (κ1) is 10.9. The molecule has 14 heavy (non-hydrogen) atoms. The fraction of sp³-hybridized carbons (Fsp3) is 0.333. The molecule has 0 saturated heterocycles. The molecule has 0 saturated carbocycles. The van der Waals surface area contributed by atoms with Crippen LogP contribution in [-0.4, -0.2) is 18.8 Å². The van der Waals surface area contributed by atoms with Gasteiger partial charge >= 0.3 is 0 Å². The molecule has 1 aromatic rings. The lowest BCUT2D eigenvalue weighted by Gasteiger charge is -2.14. The average molecular weight is 202 g/mol. The van der Waals surface area contributed by atoms with Crippen LogP contribution in [0.2, 0.25) is 0 Å². The van der Waals surface area contributed by atoms with E-state index in [0.717, 1.165) is 12.1 Å². The Hall–Kier alpha value is -1.20. The molecule has 0 spiro atoms. The van der Waals surface area contributed by atoms with Crippen molar-refractivity contribution in [3.8, 4) is 0 Å². The second-order valence-electron chi connectivity index (χ2n) is 2.92. The van der Waals surface area contributed by atoms with E-state index in [9.17, 15) is 8.78 Å². The second kappa shape index (κ2) is 4.34. The molecular formula is C9H12F2N2O. The number of anilines is 1. The lowest BCUT2D eigenvalue weighted by Crippen LogP contribution is -2.21. The fourth-order valence-corrected chi connectivity index (χ4v) is 1.19. The average Bonchev–Trinajstić information content (AvgIpc) is 2.15. The van der Waals surface area contributed by atoms with Gasteiger partial charge in [0.25, 0.3) is 0 Å². The standard InChI is InChI=1S/C9H12F2N2O/c1-13-9(4-14)5-2-7(11)8(12)3-6(5)10/h2-3,9,13-14H,4,12H2,1H3. The number of nitrogens with two attached hydrogens (primary N) is 1. The highest BCUT2D eigenvalue weighted by Crippen LogP contribution is 2.21. The molecule has 1 rings (SSSR count). The molecule has 1 unspecified atom stereocenters. The van der Waals surface area contributed by atoms with Crippen LogP contribution in [0.15, 0.2) is 12.1 Å². The number of hydrogen-bond donors (Lipinski definition) is 3. The highest BCUT2D eigenvalue weighted by molar-refractivity contribution is 5.43. The van der Waals surface area contributed by atoms with E-state index in [4.69, 9.17) is 10.8 Å². The van der Waals surface area contributed by atoms with E-state index in [2.05, 4.69) is 5.32 Å². The van der Waals surface area contributed by atoms with Crippen molar-refractivity contribution in [2.24, 2.45) is 0 Å². The van der Waals surface area contributed by atoms with Crippen LogP contribution in [0.3, 0.4) is 0 Å². The van der Waals surface area contributed by atoms with Crippen LogP contribution in [0.5, 0.6) is 0 Å². The largest absolute Gasteiger partial charge is 0.396 e.